The smallest absolute Gasteiger partial charge is 0.232 e. The van der Waals surface area contributed by atoms with Crippen molar-refractivity contribution in [3.8, 4) is 38.7 Å². The van der Waals surface area contributed by atoms with Crippen LogP contribution < -0.4 is 19.7 Å². The number of nitrogens with zero attached hydrogens (tertiary/aromatic N) is 8. The van der Waals surface area contributed by atoms with Crippen LogP contribution in [0.4, 0.5) is 23.3 Å². The molecule has 14 nitrogen and oxygen atoms in total. The highest BCUT2D eigenvalue weighted by Gasteiger charge is 2.25. The van der Waals surface area contributed by atoms with Gasteiger partial charge in [-0.2, -0.15) is 15.2 Å². The van der Waals surface area contributed by atoms with Gasteiger partial charge in [-0.05, 0) is 185 Å². The molecule has 2 aliphatic rings. The average molecular weight is 1020 g/mol. The molecule has 372 valence electrons. The zero-order chi connectivity index (χ0) is 50.0. The van der Waals surface area contributed by atoms with E-state index in [0.29, 0.717) is 54.7 Å². The molecule has 74 heavy (non-hydrogen) atoms. The molecule has 0 saturated carbocycles. The number of ketones is 1. The molecule has 0 bridgehead atoms. The number of thiophene rings is 2. The summed E-state index contributed by atoms with van der Waals surface area (Å²) in [6, 6.07) is 38.1. The molecule has 1 unspecified atom stereocenters. The lowest BCUT2D eigenvalue weighted by Crippen LogP contribution is -2.30. The van der Waals surface area contributed by atoms with Crippen LogP contribution in [0, 0.1) is 11.3 Å². The normalized spacial score (nSPS) is 14.6. The van der Waals surface area contributed by atoms with Crippen LogP contribution in [0.25, 0.3) is 63.4 Å². The number of fused-ring (bicyclic) bond motifs is 4. The molecule has 2 aliphatic heterocycles. The third-order valence-corrected chi connectivity index (χ3v) is 16.4. The zero-order valence-corrected chi connectivity index (χ0v) is 42.8. The fourth-order valence-corrected chi connectivity index (χ4v) is 12.3. The van der Waals surface area contributed by atoms with Crippen LogP contribution in [0.15, 0.2) is 122 Å². The second kappa shape index (κ2) is 21.0. The van der Waals surface area contributed by atoms with Gasteiger partial charge in [0.15, 0.2) is 5.78 Å². The predicted molar refractivity (Wildman–Crippen MR) is 298 cm³/mol. The fourth-order valence-electron chi connectivity index (χ4n) is 10.2. The Labute approximate surface area is 436 Å². The Morgan fingerprint density at radius 2 is 1.28 bits per heavy atom. The van der Waals surface area contributed by atoms with Gasteiger partial charge in [0.25, 0.3) is 0 Å². The summed E-state index contributed by atoms with van der Waals surface area (Å²) in [6.07, 6.45) is 9.66. The monoisotopic (exact) mass is 1020 g/mol. The highest BCUT2D eigenvalue weighted by molar-refractivity contribution is 7.22. The molecule has 0 radical (unpaired) electrons. The second-order valence-electron chi connectivity index (χ2n) is 19.2. The number of ether oxygens (including phenoxy) is 2. The third kappa shape index (κ3) is 10.2. The van der Waals surface area contributed by atoms with Crippen LogP contribution in [0.3, 0.4) is 0 Å². The molecule has 16 heteroatoms. The molecule has 4 aromatic carbocycles. The number of anilines is 4. The lowest BCUT2D eigenvalue weighted by molar-refractivity contribution is 0.0978. The molecular formula is C58H55N11O3S2. The number of carbonyl (C=O) groups excluding carboxylic acids is 1. The standard InChI is InChI=1S/C58H55N11O3S2/c1-37(69(43-11-15-45(16-12-43)72-31-29-68-26-4-5-27-68)58-64-54(47-21-23-61-56(47)66-58)52-34-40-32-38(36-59)7-18-49(40)73-52)6-17-48(70)39-8-19-50-41(33-39)35-51(74-50)53-46-20-22-60-55(46)65-57(63-53)62-42-9-13-44(14-10-42)71-30-28-67-24-2-3-25-67/h7-16,18-23,32-35,37H,2-6,17,24-31H2,1H3,(H,61,64,66)(H2,60,62,63,65). The minimum atomic E-state index is -0.182. The first kappa shape index (κ1) is 47.3. The predicted octanol–water partition coefficient (Wildman–Crippen LogP) is 12.7. The molecule has 0 spiro atoms. The lowest BCUT2D eigenvalue weighted by atomic mass is 10.0. The Morgan fingerprint density at radius 3 is 1.92 bits per heavy atom. The van der Waals surface area contributed by atoms with Gasteiger partial charge >= 0.3 is 0 Å². The molecule has 2 fully saturated rings. The van der Waals surface area contributed by atoms with Gasteiger partial charge < -0.3 is 29.7 Å². The highest BCUT2D eigenvalue weighted by Crippen LogP contribution is 2.40. The minimum absolute atomic E-state index is 0.0567. The van der Waals surface area contributed by atoms with E-state index in [1.54, 1.807) is 22.7 Å². The largest absolute Gasteiger partial charge is 0.492 e. The van der Waals surface area contributed by atoms with Crippen LogP contribution in [0.5, 0.6) is 11.5 Å². The van der Waals surface area contributed by atoms with E-state index in [-0.39, 0.29) is 11.8 Å². The summed E-state index contributed by atoms with van der Waals surface area (Å²) in [5.41, 5.74) is 6.09. The van der Waals surface area contributed by atoms with Gasteiger partial charge in [-0.25, -0.2) is 9.97 Å². The van der Waals surface area contributed by atoms with Crippen LogP contribution in [0.1, 0.15) is 61.4 Å². The molecule has 6 aromatic heterocycles. The number of nitriles is 1. The van der Waals surface area contributed by atoms with E-state index in [9.17, 15) is 10.1 Å². The van der Waals surface area contributed by atoms with Crippen molar-refractivity contribution in [2.45, 2.75) is 51.5 Å². The maximum atomic E-state index is 14.3. The molecule has 1 atom stereocenters. The molecule has 8 heterocycles. The molecule has 2 saturated heterocycles. The number of benzene rings is 4. The first-order chi connectivity index (χ1) is 36.4. The highest BCUT2D eigenvalue weighted by atomic mass is 32.1. The number of H-pyrrole nitrogens is 2. The molecular weight excluding hydrogens is 963 g/mol. The number of hydrogen-bond donors (Lipinski definition) is 3. The van der Waals surface area contributed by atoms with E-state index < -0.39 is 0 Å². The van der Waals surface area contributed by atoms with Gasteiger partial charge in [0, 0.05) is 75.1 Å². The maximum absolute atomic E-state index is 14.3. The number of Topliss-reactive ketones (excluding diaryl/α,β-unsaturated/α-hetero) is 1. The minimum Gasteiger partial charge on any atom is -0.492 e. The van der Waals surface area contributed by atoms with E-state index in [4.69, 9.17) is 29.4 Å². The first-order valence-corrected chi connectivity index (χ1v) is 27.2. The second-order valence-corrected chi connectivity index (χ2v) is 21.4. The van der Waals surface area contributed by atoms with Crippen molar-refractivity contribution in [1.82, 2.24) is 39.7 Å². The van der Waals surface area contributed by atoms with Gasteiger partial charge in [0.1, 0.15) is 36.0 Å². The van der Waals surface area contributed by atoms with Crippen LogP contribution in [0.2, 0.25) is 0 Å². The molecule has 0 aliphatic carbocycles. The van der Waals surface area contributed by atoms with Crippen LogP contribution >= 0.6 is 22.7 Å². The van der Waals surface area contributed by atoms with Gasteiger partial charge in [-0.1, -0.05) is 0 Å². The van der Waals surface area contributed by atoms with E-state index in [1.807, 2.05) is 97.3 Å². The molecule has 3 N–H and O–H groups in total. The summed E-state index contributed by atoms with van der Waals surface area (Å²) < 4.78 is 14.4. The summed E-state index contributed by atoms with van der Waals surface area (Å²) in [5, 5.41) is 16.8. The Balaban J connectivity index is 0.778. The number of rotatable bonds is 19. The van der Waals surface area contributed by atoms with Crippen molar-refractivity contribution in [1.29, 1.82) is 5.26 Å². The van der Waals surface area contributed by atoms with E-state index in [1.165, 1.54) is 25.7 Å². The molecule has 12 rings (SSSR count). The van der Waals surface area contributed by atoms with Crippen molar-refractivity contribution in [3.63, 3.8) is 0 Å². The summed E-state index contributed by atoms with van der Waals surface area (Å²) in [7, 11) is 0. The SMILES string of the molecule is CC(CCC(=O)c1ccc2sc(-c3nc(Nc4ccc(OCCN5CCCC5)cc4)nc4[nH]ccc34)cc2c1)N(c1ccc(OCCN2CCCC2)cc1)c1nc(-c2cc3cc(C#N)ccc3s2)c2cc[nH]c2n1. The van der Waals surface area contributed by atoms with Gasteiger partial charge in [0.05, 0.1) is 32.8 Å². The Kier molecular flexibility index (Phi) is 13.5. The zero-order valence-electron chi connectivity index (χ0n) is 41.1. The van der Waals surface area contributed by atoms with E-state index in [2.05, 4.69) is 67.2 Å². The number of aromatic nitrogens is 6. The van der Waals surface area contributed by atoms with Crippen molar-refractivity contribution in [3.05, 3.63) is 133 Å². The van der Waals surface area contributed by atoms with Crippen molar-refractivity contribution in [2.75, 3.05) is 62.7 Å². The van der Waals surface area contributed by atoms with E-state index >= 15 is 0 Å². The quantitative estimate of drug-likeness (QED) is 0.0658. The molecule has 0 amide bonds. The van der Waals surface area contributed by atoms with Gasteiger partial charge in [0.2, 0.25) is 11.9 Å². The summed E-state index contributed by atoms with van der Waals surface area (Å²) >= 11 is 3.28. The fraction of sp³-hybridized carbons (Fsp3) is 0.276. The number of likely N-dealkylation sites (tertiary alicyclic amines) is 2. The van der Waals surface area contributed by atoms with Gasteiger partial charge in [-0.15, -0.1) is 22.7 Å². The number of nitrogens with one attached hydrogen (secondary N) is 3. The van der Waals surface area contributed by atoms with Gasteiger partial charge in [-0.3, -0.25) is 14.6 Å². The Hall–Kier alpha value is -7.68. The Bertz CT molecular complexity index is 3660. The van der Waals surface area contributed by atoms with Crippen LogP contribution in [-0.2, 0) is 0 Å². The summed E-state index contributed by atoms with van der Waals surface area (Å²) in [6.45, 7) is 9.85. The van der Waals surface area contributed by atoms with Crippen molar-refractivity contribution < 1.29 is 14.3 Å². The maximum Gasteiger partial charge on any atom is 0.232 e. The summed E-state index contributed by atoms with van der Waals surface area (Å²) in [4.78, 5) is 50.1. The Morgan fingerprint density at radius 1 is 0.703 bits per heavy atom. The van der Waals surface area contributed by atoms with Crippen molar-refractivity contribution in [2.24, 2.45) is 0 Å². The first-order valence-electron chi connectivity index (χ1n) is 25.6. The number of aromatic amines is 2. The van der Waals surface area contributed by atoms with Crippen LogP contribution in [-0.4, -0.2) is 104 Å². The topological polar surface area (TPSA) is 164 Å². The van der Waals surface area contributed by atoms with Crippen molar-refractivity contribution >= 4 is 94.0 Å². The molecule has 10 aromatic rings. The average Bonchev–Trinajstić information content (AvgIpc) is 4.30. The summed E-state index contributed by atoms with van der Waals surface area (Å²) in [5.74, 6) is 2.69. The lowest BCUT2D eigenvalue weighted by Gasteiger charge is -2.30. The number of hydrogen-bond acceptors (Lipinski definition) is 14. The number of carbonyl (C=O) groups is 1. The van der Waals surface area contributed by atoms with E-state index in [0.717, 1.165) is 120 Å². The third-order valence-electron chi connectivity index (χ3n) is 14.2.